The predicted octanol–water partition coefficient (Wildman–Crippen LogP) is 3.85. The number of benzene rings is 2. The fraction of sp³-hybridized carbons (Fsp3) is 0. The van der Waals surface area contributed by atoms with Crippen molar-refractivity contribution in [1.82, 2.24) is 4.98 Å². The Morgan fingerprint density at radius 3 is 2.71 bits per heavy atom. The first-order valence-corrected chi connectivity index (χ1v) is 6.67. The van der Waals surface area contributed by atoms with Gasteiger partial charge in [0, 0.05) is 11.6 Å². The lowest BCUT2D eigenvalue weighted by Crippen LogP contribution is -2.12. The van der Waals surface area contributed by atoms with Gasteiger partial charge in [-0.2, -0.15) is 0 Å². The number of para-hydroxylation sites is 2. The molecule has 0 saturated heterocycles. The molecule has 5 heteroatoms. The summed E-state index contributed by atoms with van der Waals surface area (Å²) in [7, 11) is 0. The first kappa shape index (κ1) is 13.4. The number of fused-ring (bicyclic) bond motifs is 1. The van der Waals surface area contributed by atoms with Crippen LogP contribution in [-0.2, 0) is 0 Å². The molecule has 0 bridgehead atoms. The highest BCUT2D eigenvalue weighted by Gasteiger charge is 2.14. The van der Waals surface area contributed by atoms with E-state index in [-0.39, 0.29) is 16.3 Å². The largest absolute Gasteiger partial charge is 0.506 e. The summed E-state index contributed by atoms with van der Waals surface area (Å²) in [6, 6.07) is 13.9. The van der Waals surface area contributed by atoms with Crippen molar-refractivity contribution in [3.05, 3.63) is 65.3 Å². The van der Waals surface area contributed by atoms with Gasteiger partial charge in [0.15, 0.2) is 0 Å². The van der Waals surface area contributed by atoms with Crippen LogP contribution in [0, 0.1) is 0 Å². The Balaban J connectivity index is 1.99. The van der Waals surface area contributed by atoms with Gasteiger partial charge < -0.3 is 10.4 Å². The molecule has 3 aromatic rings. The van der Waals surface area contributed by atoms with Crippen LogP contribution in [0.3, 0.4) is 0 Å². The summed E-state index contributed by atoms with van der Waals surface area (Å²) in [6.07, 6.45) is 1.66. The molecule has 104 valence electrons. The number of hydrogen-bond donors (Lipinski definition) is 2. The third-order valence-corrected chi connectivity index (χ3v) is 3.42. The van der Waals surface area contributed by atoms with Crippen LogP contribution in [0.15, 0.2) is 54.7 Å². The van der Waals surface area contributed by atoms with Gasteiger partial charge in [0.25, 0.3) is 5.91 Å². The molecule has 0 spiro atoms. The van der Waals surface area contributed by atoms with Crippen LogP contribution in [0.1, 0.15) is 10.4 Å². The smallest absolute Gasteiger partial charge is 0.259 e. The average molecular weight is 299 g/mol. The number of carbonyl (C=O) groups is 1. The van der Waals surface area contributed by atoms with Crippen molar-refractivity contribution in [2.45, 2.75) is 0 Å². The Labute approximate surface area is 126 Å². The quantitative estimate of drug-likeness (QED) is 0.755. The highest BCUT2D eigenvalue weighted by atomic mass is 35.5. The lowest BCUT2D eigenvalue weighted by molar-refractivity contribution is 0.102. The summed E-state index contributed by atoms with van der Waals surface area (Å²) < 4.78 is 0. The molecule has 0 aliphatic heterocycles. The molecule has 2 N–H and O–H groups in total. The molecule has 0 aliphatic carbocycles. The van der Waals surface area contributed by atoms with Crippen LogP contribution in [0.2, 0.25) is 5.02 Å². The second-order valence-corrected chi connectivity index (χ2v) is 4.88. The minimum absolute atomic E-state index is 0.121. The van der Waals surface area contributed by atoms with Gasteiger partial charge in [-0.3, -0.25) is 9.78 Å². The Morgan fingerprint density at radius 2 is 1.86 bits per heavy atom. The number of amides is 1. The maximum absolute atomic E-state index is 12.3. The standard InChI is InChI=1S/C16H11ClN2O2/c17-12-7-2-6-11(15(12)20)16(21)19-13-8-1-4-10-5-3-9-18-14(10)13/h1-9,20H,(H,19,21). The van der Waals surface area contributed by atoms with Gasteiger partial charge >= 0.3 is 0 Å². The van der Waals surface area contributed by atoms with Gasteiger partial charge in [-0.25, -0.2) is 0 Å². The normalized spacial score (nSPS) is 10.5. The van der Waals surface area contributed by atoms with E-state index in [1.807, 2.05) is 24.3 Å². The van der Waals surface area contributed by atoms with Crippen molar-refractivity contribution in [2.24, 2.45) is 0 Å². The molecular weight excluding hydrogens is 288 g/mol. The predicted molar refractivity (Wildman–Crippen MR) is 82.8 cm³/mol. The lowest BCUT2D eigenvalue weighted by Gasteiger charge is -2.09. The van der Waals surface area contributed by atoms with Crippen molar-refractivity contribution in [2.75, 3.05) is 5.32 Å². The van der Waals surface area contributed by atoms with Crippen LogP contribution in [0.25, 0.3) is 10.9 Å². The molecule has 3 rings (SSSR count). The van der Waals surface area contributed by atoms with E-state index in [2.05, 4.69) is 10.3 Å². The van der Waals surface area contributed by atoms with Crippen LogP contribution < -0.4 is 5.32 Å². The van der Waals surface area contributed by atoms with E-state index in [1.54, 1.807) is 18.3 Å². The Morgan fingerprint density at radius 1 is 1.10 bits per heavy atom. The highest BCUT2D eigenvalue weighted by molar-refractivity contribution is 6.32. The number of pyridine rings is 1. The minimum Gasteiger partial charge on any atom is -0.506 e. The fourth-order valence-corrected chi connectivity index (χ4v) is 2.27. The zero-order valence-electron chi connectivity index (χ0n) is 10.9. The lowest BCUT2D eigenvalue weighted by atomic mass is 10.1. The number of phenolic OH excluding ortho intramolecular Hbond substituents is 1. The van der Waals surface area contributed by atoms with Crippen LogP contribution in [-0.4, -0.2) is 16.0 Å². The van der Waals surface area contributed by atoms with E-state index >= 15 is 0 Å². The second kappa shape index (κ2) is 5.42. The third-order valence-electron chi connectivity index (χ3n) is 3.11. The van der Waals surface area contributed by atoms with E-state index in [1.165, 1.54) is 12.1 Å². The molecule has 2 aromatic carbocycles. The molecule has 0 saturated carbocycles. The molecule has 21 heavy (non-hydrogen) atoms. The number of nitrogens with zero attached hydrogens (tertiary/aromatic N) is 1. The number of aromatic nitrogens is 1. The molecule has 0 unspecified atom stereocenters. The Hall–Kier alpha value is -2.59. The van der Waals surface area contributed by atoms with Crippen molar-refractivity contribution < 1.29 is 9.90 Å². The number of nitrogens with one attached hydrogen (secondary N) is 1. The molecular formula is C16H11ClN2O2. The fourth-order valence-electron chi connectivity index (χ4n) is 2.09. The Bertz CT molecular complexity index is 828. The molecule has 0 atom stereocenters. The number of hydrogen-bond acceptors (Lipinski definition) is 3. The summed E-state index contributed by atoms with van der Waals surface area (Å²) in [5.41, 5.74) is 1.39. The average Bonchev–Trinajstić information content (AvgIpc) is 2.50. The number of anilines is 1. The summed E-state index contributed by atoms with van der Waals surface area (Å²) in [6.45, 7) is 0. The van der Waals surface area contributed by atoms with Gasteiger partial charge in [-0.1, -0.05) is 35.9 Å². The molecule has 0 aliphatic rings. The Kier molecular flexibility index (Phi) is 3.46. The zero-order valence-corrected chi connectivity index (χ0v) is 11.6. The van der Waals surface area contributed by atoms with Crippen molar-refractivity contribution in [3.63, 3.8) is 0 Å². The number of rotatable bonds is 2. The van der Waals surface area contributed by atoms with Crippen LogP contribution >= 0.6 is 11.6 Å². The molecule has 1 aromatic heterocycles. The molecule has 1 amide bonds. The first-order chi connectivity index (χ1) is 10.2. The monoisotopic (exact) mass is 298 g/mol. The third kappa shape index (κ3) is 2.53. The van der Waals surface area contributed by atoms with Crippen LogP contribution in [0.5, 0.6) is 5.75 Å². The molecule has 0 fully saturated rings. The number of carbonyl (C=O) groups excluding carboxylic acids is 1. The minimum atomic E-state index is -0.437. The number of phenols is 1. The van der Waals surface area contributed by atoms with Crippen molar-refractivity contribution in [3.8, 4) is 5.75 Å². The second-order valence-electron chi connectivity index (χ2n) is 4.47. The SMILES string of the molecule is O=C(Nc1cccc2cccnc12)c1cccc(Cl)c1O. The zero-order chi connectivity index (χ0) is 14.8. The highest BCUT2D eigenvalue weighted by Crippen LogP contribution is 2.28. The van der Waals surface area contributed by atoms with E-state index in [0.717, 1.165) is 5.39 Å². The van der Waals surface area contributed by atoms with Gasteiger partial charge in [-0.05, 0) is 24.3 Å². The van der Waals surface area contributed by atoms with Crippen molar-refractivity contribution in [1.29, 1.82) is 0 Å². The van der Waals surface area contributed by atoms with Gasteiger partial charge in [0.2, 0.25) is 0 Å². The van der Waals surface area contributed by atoms with Gasteiger partial charge in [0.1, 0.15) is 5.75 Å². The topological polar surface area (TPSA) is 62.2 Å². The molecule has 0 radical (unpaired) electrons. The van der Waals surface area contributed by atoms with E-state index in [9.17, 15) is 9.90 Å². The summed E-state index contributed by atoms with van der Waals surface area (Å²) in [5.74, 6) is -0.669. The summed E-state index contributed by atoms with van der Waals surface area (Å²) in [4.78, 5) is 16.5. The van der Waals surface area contributed by atoms with E-state index in [4.69, 9.17) is 11.6 Å². The maximum Gasteiger partial charge on any atom is 0.259 e. The van der Waals surface area contributed by atoms with E-state index in [0.29, 0.717) is 11.2 Å². The number of aromatic hydroxyl groups is 1. The van der Waals surface area contributed by atoms with E-state index < -0.39 is 5.91 Å². The first-order valence-electron chi connectivity index (χ1n) is 6.29. The number of halogens is 1. The van der Waals surface area contributed by atoms with Gasteiger partial charge in [0.05, 0.1) is 21.8 Å². The van der Waals surface area contributed by atoms with Crippen LogP contribution in [0.4, 0.5) is 5.69 Å². The summed E-state index contributed by atoms with van der Waals surface area (Å²) in [5, 5.41) is 13.7. The molecule has 4 nitrogen and oxygen atoms in total. The maximum atomic E-state index is 12.3. The summed E-state index contributed by atoms with van der Waals surface area (Å²) >= 11 is 5.81. The van der Waals surface area contributed by atoms with Gasteiger partial charge in [-0.15, -0.1) is 0 Å². The van der Waals surface area contributed by atoms with Crippen molar-refractivity contribution >= 4 is 34.1 Å². The molecule has 1 heterocycles.